The molecule has 9 nitrogen and oxygen atoms in total. The molecule has 0 saturated carbocycles. The van der Waals surface area contributed by atoms with Gasteiger partial charge in [-0.05, 0) is 36.8 Å². The standard InChI is InChI=1S/C18H15N3O6/c1-18(17(22)23)8-11-6-14-15(27-9-26-14)7-13(11)16(19-20-18)10-2-4-12(5-3-10)21(24)25/h2-7,20H,8-9H2,1H3,(H,22,23). The molecule has 4 rings (SSSR count). The van der Waals surface area contributed by atoms with Crippen molar-refractivity contribution in [1.82, 2.24) is 5.43 Å². The maximum absolute atomic E-state index is 11.8. The van der Waals surface area contributed by atoms with Crippen LogP contribution in [-0.4, -0.2) is 34.0 Å². The molecule has 0 aliphatic carbocycles. The van der Waals surface area contributed by atoms with Gasteiger partial charge in [-0.15, -0.1) is 0 Å². The van der Waals surface area contributed by atoms with Crippen LogP contribution in [0.5, 0.6) is 11.5 Å². The lowest BCUT2D eigenvalue weighted by Gasteiger charge is -2.23. The molecule has 138 valence electrons. The number of nitrogens with zero attached hydrogens (tertiary/aromatic N) is 2. The lowest BCUT2D eigenvalue weighted by atomic mass is 9.88. The molecule has 0 saturated heterocycles. The molecule has 9 heteroatoms. The Morgan fingerprint density at radius 1 is 1.26 bits per heavy atom. The first-order valence-electron chi connectivity index (χ1n) is 8.13. The zero-order valence-electron chi connectivity index (χ0n) is 14.3. The van der Waals surface area contributed by atoms with E-state index in [0.29, 0.717) is 28.3 Å². The summed E-state index contributed by atoms with van der Waals surface area (Å²) in [4.78, 5) is 22.2. The van der Waals surface area contributed by atoms with Gasteiger partial charge in [0.2, 0.25) is 6.79 Å². The zero-order chi connectivity index (χ0) is 19.2. The third-order valence-electron chi connectivity index (χ3n) is 4.64. The van der Waals surface area contributed by atoms with Gasteiger partial charge >= 0.3 is 5.97 Å². The maximum atomic E-state index is 11.8. The fourth-order valence-electron chi connectivity index (χ4n) is 3.10. The van der Waals surface area contributed by atoms with Crippen molar-refractivity contribution < 1.29 is 24.3 Å². The van der Waals surface area contributed by atoms with Crippen LogP contribution >= 0.6 is 0 Å². The van der Waals surface area contributed by atoms with Crippen molar-refractivity contribution in [2.24, 2.45) is 5.10 Å². The van der Waals surface area contributed by atoms with Crippen LogP contribution in [0.15, 0.2) is 41.5 Å². The van der Waals surface area contributed by atoms with Crippen LogP contribution in [0.4, 0.5) is 5.69 Å². The zero-order valence-corrected chi connectivity index (χ0v) is 14.3. The van der Waals surface area contributed by atoms with Crippen LogP contribution in [0.3, 0.4) is 0 Å². The first-order valence-corrected chi connectivity index (χ1v) is 8.13. The predicted octanol–water partition coefficient (Wildman–Crippen LogP) is 2.06. The van der Waals surface area contributed by atoms with E-state index in [9.17, 15) is 20.0 Å². The number of rotatable bonds is 3. The van der Waals surface area contributed by atoms with Crippen LogP contribution in [0, 0.1) is 10.1 Å². The third kappa shape index (κ3) is 2.82. The molecule has 0 aromatic heterocycles. The molecule has 0 bridgehead atoms. The van der Waals surface area contributed by atoms with E-state index >= 15 is 0 Å². The number of nitro groups is 1. The Labute approximate surface area is 153 Å². The quantitative estimate of drug-likeness (QED) is 0.627. The summed E-state index contributed by atoms with van der Waals surface area (Å²) in [5, 5.41) is 24.9. The lowest BCUT2D eigenvalue weighted by Crippen LogP contribution is -2.48. The molecule has 2 aliphatic heterocycles. The van der Waals surface area contributed by atoms with E-state index < -0.39 is 16.4 Å². The molecule has 2 aromatic carbocycles. The van der Waals surface area contributed by atoms with Crippen molar-refractivity contribution in [3.8, 4) is 11.5 Å². The van der Waals surface area contributed by atoms with Gasteiger partial charge in [0.05, 0.1) is 10.6 Å². The van der Waals surface area contributed by atoms with Gasteiger partial charge in [-0.1, -0.05) is 0 Å². The molecule has 0 radical (unpaired) electrons. The summed E-state index contributed by atoms with van der Waals surface area (Å²) >= 11 is 0. The smallest absolute Gasteiger partial charge is 0.330 e. The number of aliphatic carboxylic acids is 1. The molecule has 0 amide bonds. The van der Waals surface area contributed by atoms with Crippen LogP contribution in [0.2, 0.25) is 0 Å². The SMILES string of the molecule is CC1(C(=O)O)Cc2cc3c(cc2C(c2ccc([N+](=O)[O-])cc2)=NN1)OCO3. The normalized spacial score (nSPS) is 20.1. The Kier molecular flexibility index (Phi) is 3.72. The van der Waals surface area contributed by atoms with Crippen LogP contribution in [0.1, 0.15) is 23.6 Å². The van der Waals surface area contributed by atoms with Gasteiger partial charge in [0, 0.05) is 29.7 Å². The molecule has 2 aliphatic rings. The summed E-state index contributed by atoms with van der Waals surface area (Å²) in [6, 6.07) is 9.43. The van der Waals surface area contributed by atoms with Gasteiger partial charge in [-0.2, -0.15) is 5.10 Å². The highest BCUT2D eigenvalue weighted by Crippen LogP contribution is 2.38. The van der Waals surface area contributed by atoms with Gasteiger partial charge < -0.3 is 14.6 Å². The molecule has 0 spiro atoms. The summed E-state index contributed by atoms with van der Waals surface area (Å²) in [6.07, 6.45) is 0.175. The number of carboxylic acid groups (broad SMARTS) is 1. The molecular weight excluding hydrogens is 354 g/mol. The number of fused-ring (bicyclic) bond motifs is 2. The first-order chi connectivity index (χ1) is 12.9. The number of hydrogen-bond acceptors (Lipinski definition) is 7. The number of non-ortho nitro benzene ring substituents is 1. The molecule has 2 aromatic rings. The Hall–Kier alpha value is -3.62. The average Bonchev–Trinajstić information content (AvgIpc) is 3.03. The fraction of sp³-hybridized carbons (Fsp3) is 0.222. The predicted molar refractivity (Wildman–Crippen MR) is 94.2 cm³/mol. The highest BCUT2D eigenvalue weighted by atomic mass is 16.7. The second kappa shape index (κ2) is 5.97. The molecular formula is C18H15N3O6. The van der Waals surface area contributed by atoms with E-state index in [1.54, 1.807) is 31.2 Å². The van der Waals surface area contributed by atoms with E-state index in [4.69, 9.17) is 9.47 Å². The number of benzene rings is 2. The second-order valence-corrected chi connectivity index (χ2v) is 6.55. The third-order valence-corrected chi connectivity index (χ3v) is 4.64. The van der Waals surface area contributed by atoms with Crippen LogP contribution < -0.4 is 14.9 Å². The minimum absolute atomic E-state index is 0.0396. The molecule has 1 atom stereocenters. The van der Waals surface area contributed by atoms with Crippen molar-refractivity contribution in [3.63, 3.8) is 0 Å². The number of nitro benzene ring substituents is 1. The Bertz CT molecular complexity index is 985. The molecule has 2 N–H and O–H groups in total. The van der Waals surface area contributed by atoms with Crippen LogP contribution in [-0.2, 0) is 11.2 Å². The van der Waals surface area contributed by atoms with Gasteiger partial charge in [0.15, 0.2) is 17.0 Å². The minimum Gasteiger partial charge on any atom is -0.479 e. The van der Waals surface area contributed by atoms with Crippen molar-refractivity contribution >= 4 is 17.4 Å². The molecule has 0 fully saturated rings. The van der Waals surface area contributed by atoms with E-state index in [0.717, 1.165) is 5.56 Å². The lowest BCUT2D eigenvalue weighted by molar-refractivity contribution is -0.384. The number of carbonyl (C=O) groups is 1. The number of hydrazone groups is 1. The largest absolute Gasteiger partial charge is 0.479 e. The topological polar surface area (TPSA) is 123 Å². The monoisotopic (exact) mass is 369 g/mol. The van der Waals surface area contributed by atoms with Gasteiger partial charge in [-0.25, -0.2) is 4.79 Å². The number of ether oxygens (including phenoxy) is 2. The maximum Gasteiger partial charge on any atom is 0.330 e. The van der Waals surface area contributed by atoms with E-state index in [1.165, 1.54) is 12.1 Å². The Balaban J connectivity index is 1.87. The van der Waals surface area contributed by atoms with Crippen molar-refractivity contribution in [1.29, 1.82) is 0 Å². The Morgan fingerprint density at radius 2 is 1.93 bits per heavy atom. The van der Waals surface area contributed by atoms with E-state index in [-0.39, 0.29) is 18.9 Å². The first kappa shape index (κ1) is 16.8. The molecule has 2 heterocycles. The van der Waals surface area contributed by atoms with Crippen LogP contribution in [0.25, 0.3) is 0 Å². The molecule has 27 heavy (non-hydrogen) atoms. The minimum atomic E-state index is -1.31. The van der Waals surface area contributed by atoms with E-state index in [1.807, 2.05) is 0 Å². The van der Waals surface area contributed by atoms with Crippen molar-refractivity contribution in [2.45, 2.75) is 18.9 Å². The van der Waals surface area contributed by atoms with Crippen molar-refractivity contribution in [2.75, 3.05) is 6.79 Å². The summed E-state index contributed by atoms with van der Waals surface area (Å²) in [7, 11) is 0. The number of nitrogens with one attached hydrogen (secondary N) is 1. The van der Waals surface area contributed by atoms with Gasteiger partial charge in [0.25, 0.3) is 5.69 Å². The number of hydrogen-bond donors (Lipinski definition) is 2. The highest BCUT2D eigenvalue weighted by molar-refractivity contribution is 6.14. The fourth-order valence-corrected chi connectivity index (χ4v) is 3.10. The van der Waals surface area contributed by atoms with Gasteiger partial charge in [-0.3, -0.25) is 15.5 Å². The summed E-state index contributed by atoms with van der Waals surface area (Å²) in [6.45, 7) is 1.64. The summed E-state index contributed by atoms with van der Waals surface area (Å²) in [5.41, 5.74) is 3.89. The molecule has 1 unspecified atom stereocenters. The number of carboxylic acids is 1. The van der Waals surface area contributed by atoms with Crippen molar-refractivity contribution in [3.05, 3.63) is 63.2 Å². The second-order valence-electron chi connectivity index (χ2n) is 6.55. The van der Waals surface area contributed by atoms with E-state index in [2.05, 4.69) is 10.5 Å². The highest BCUT2D eigenvalue weighted by Gasteiger charge is 2.37. The van der Waals surface area contributed by atoms with Gasteiger partial charge in [0.1, 0.15) is 0 Å². The summed E-state index contributed by atoms with van der Waals surface area (Å²) in [5.74, 6) is 0.0496. The summed E-state index contributed by atoms with van der Waals surface area (Å²) < 4.78 is 10.8. The average molecular weight is 369 g/mol. The Morgan fingerprint density at radius 3 is 2.56 bits per heavy atom.